The molecular formula is C13H16O5S. The number of hydrogen-bond acceptors (Lipinski definition) is 4. The van der Waals surface area contributed by atoms with Gasteiger partial charge in [0.2, 0.25) is 0 Å². The van der Waals surface area contributed by atoms with Crippen molar-refractivity contribution in [2.24, 2.45) is 5.92 Å². The summed E-state index contributed by atoms with van der Waals surface area (Å²) in [5, 5.41) is 7.25. The fourth-order valence-corrected chi connectivity index (χ4v) is 2.67. The fourth-order valence-electron chi connectivity index (χ4n) is 1.48. The van der Waals surface area contributed by atoms with Gasteiger partial charge in [-0.2, -0.15) is 0 Å². The zero-order valence-corrected chi connectivity index (χ0v) is 11.8. The monoisotopic (exact) mass is 284 g/mol. The lowest BCUT2D eigenvalue weighted by molar-refractivity contribution is -0.136. The Morgan fingerprint density at radius 2 is 1.53 bits per heavy atom. The summed E-state index contributed by atoms with van der Waals surface area (Å²) in [7, 11) is -3.91. The van der Waals surface area contributed by atoms with Gasteiger partial charge >= 0.3 is 5.97 Å². The molecule has 0 saturated carbocycles. The van der Waals surface area contributed by atoms with Gasteiger partial charge in [-0.1, -0.05) is 26.0 Å². The molecule has 0 aliphatic carbocycles. The highest BCUT2D eigenvalue weighted by atomic mass is 32.2. The molecule has 0 spiro atoms. The zero-order chi connectivity index (χ0) is 14.8. The van der Waals surface area contributed by atoms with Crippen LogP contribution in [0, 0.1) is 5.92 Å². The molecule has 1 unspecified atom stereocenters. The van der Waals surface area contributed by atoms with Gasteiger partial charge in [0.25, 0.3) is 0 Å². The summed E-state index contributed by atoms with van der Waals surface area (Å²) in [6.45, 7) is 4.61. The number of carboxylic acids is 1. The van der Waals surface area contributed by atoms with Gasteiger partial charge in [0, 0.05) is 11.5 Å². The zero-order valence-electron chi connectivity index (χ0n) is 11.0. The Kier molecular flexibility index (Phi) is 4.47. The average Bonchev–Trinajstić information content (AvgIpc) is 2.36. The van der Waals surface area contributed by atoms with Crippen LogP contribution >= 0.6 is 0 Å². The molecule has 0 heterocycles. The molecule has 0 aromatic heterocycles. The van der Waals surface area contributed by atoms with E-state index >= 15 is 0 Å². The molecule has 0 fully saturated rings. The van der Waals surface area contributed by atoms with Crippen LogP contribution in [0.15, 0.2) is 29.2 Å². The van der Waals surface area contributed by atoms with Crippen molar-refractivity contribution in [1.82, 2.24) is 0 Å². The SMILES string of the molecule is CC(C)C(=O)c1ccc(S(=O)(=O)C(C)C(=O)O)cc1. The van der Waals surface area contributed by atoms with Crippen molar-refractivity contribution in [3.63, 3.8) is 0 Å². The number of hydrogen-bond donors (Lipinski definition) is 1. The van der Waals surface area contributed by atoms with E-state index in [1.165, 1.54) is 24.3 Å². The van der Waals surface area contributed by atoms with Crippen molar-refractivity contribution >= 4 is 21.6 Å². The van der Waals surface area contributed by atoms with E-state index in [1.807, 2.05) is 0 Å². The van der Waals surface area contributed by atoms with Crippen molar-refractivity contribution < 1.29 is 23.1 Å². The Morgan fingerprint density at radius 3 is 1.89 bits per heavy atom. The molecule has 1 atom stereocenters. The van der Waals surface area contributed by atoms with E-state index < -0.39 is 21.1 Å². The second-order valence-electron chi connectivity index (χ2n) is 4.57. The predicted molar refractivity (Wildman–Crippen MR) is 69.9 cm³/mol. The van der Waals surface area contributed by atoms with Crippen molar-refractivity contribution in [3.05, 3.63) is 29.8 Å². The molecular weight excluding hydrogens is 268 g/mol. The maximum atomic E-state index is 11.9. The summed E-state index contributed by atoms with van der Waals surface area (Å²) < 4.78 is 23.8. The predicted octanol–water partition coefficient (Wildman–Crippen LogP) is 1.77. The summed E-state index contributed by atoms with van der Waals surface area (Å²) in [6.07, 6.45) is 0. The van der Waals surface area contributed by atoms with E-state index in [0.29, 0.717) is 5.56 Å². The molecule has 1 N–H and O–H groups in total. The lowest BCUT2D eigenvalue weighted by Gasteiger charge is -2.09. The average molecular weight is 284 g/mol. The number of rotatable bonds is 5. The number of carboxylic acid groups (broad SMARTS) is 1. The largest absolute Gasteiger partial charge is 0.480 e. The van der Waals surface area contributed by atoms with Crippen LogP contribution in [0.1, 0.15) is 31.1 Å². The Morgan fingerprint density at radius 1 is 1.05 bits per heavy atom. The molecule has 1 rings (SSSR count). The molecule has 0 aliphatic rings. The van der Waals surface area contributed by atoms with Crippen LogP contribution in [0.4, 0.5) is 0 Å². The number of benzene rings is 1. The molecule has 0 saturated heterocycles. The number of carbonyl (C=O) groups excluding carboxylic acids is 1. The Bertz CT molecular complexity index is 584. The first-order valence-electron chi connectivity index (χ1n) is 5.79. The second-order valence-corrected chi connectivity index (χ2v) is 6.84. The molecule has 0 aliphatic heterocycles. The van der Waals surface area contributed by atoms with Crippen LogP contribution < -0.4 is 0 Å². The van der Waals surface area contributed by atoms with Crippen molar-refractivity contribution in [2.75, 3.05) is 0 Å². The van der Waals surface area contributed by atoms with Crippen molar-refractivity contribution in [3.8, 4) is 0 Å². The van der Waals surface area contributed by atoms with Crippen LogP contribution in [-0.4, -0.2) is 30.5 Å². The third kappa shape index (κ3) is 3.20. The molecule has 1 aromatic rings. The Labute approximate surface area is 112 Å². The summed E-state index contributed by atoms with van der Waals surface area (Å²) in [5.41, 5.74) is 0.414. The third-order valence-corrected chi connectivity index (χ3v) is 4.87. The molecule has 0 radical (unpaired) electrons. The minimum Gasteiger partial charge on any atom is -0.480 e. The second kappa shape index (κ2) is 5.52. The molecule has 1 aromatic carbocycles. The molecule has 0 amide bonds. The van der Waals surface area contributed by atoms with Crippen molar-refractivity contribution in [1.29, 1.82) is 0 Å². The van der Waals surface area contributed by atoms with E-state index in [9.17, 15) is 18.0 Å². The number of Topliss-reactive ketones (excluding diaryl/α,β-unsaturated/α-hetero) is 1. The van der Waals surface area contributed by atoms with Crippen molar-refractivity contribution in [2.45, 2.75) is 30.9 Å². The van der Waals surface area contributed by atoms with Gasteiger partial charge in [-0.15, -0.1) is 0 Å². The summed E-state index contributed by atoms with van der Waals surface area (Å²) in [5.74, 6) is -1.67. The van der Waals surface area contributed by atoms with E-state index in [2.05, 4.69) is 0 Å². The summed E-state index contributed by atoms with van der Waals surface area (Å²) in [6, 6.07) is 5.35. The maximum absolute atomic E-state index is 11.9. The number of sulfone groups is 1. The van der Waals surface area contributed by atoms with Gasteiger partial charge in [0.05, 0.1) is 4.90 Å². The van der Waals surface area contributed by atoms with E-state index in [-0.39, 0.29) is 16.6 Å². The normalized spacial score (nSPS) is 13.3. The number of ketones is 1. The van der Waals surface area contributed by atoms with Crippen LogP contribution in [0.2, 0.25) is 0 Å². The number of carbonyl (C=O) groups is 2. The maximum Gasteiger partial charge on any atom is 0.321 e. The van der Waals surface area contributed by atoms with Crippen LogP contribution in [-0.2, 0) is 14.6 Å². The first-order chi connectivity index (χ1) is 8.67. The minimum absolute atomic E-state index is 0.0877. The lowest BCUT2D eigenvalue weighted by atomic mass is 10.0. The molecule has 0 bridgehead atoms. The quantitative estimate of drug-likeness (QED) is 0.832. The van der Waals surface area contributed by atoms with Crippen LogP contribution in [0.3, 0.4) is 0 Å². The Hall–Kier alpha value is -1.69. The van der Waals surface area contributed by atoms with Gasteiger partial charge < -0.3 is 5.11 Å². The molecule has 5 nitrogen and oxygen atoms in total. The first-order valence-corrected chi connectivity index (χ1v) is 7.33. The molecule has 104 valence electrons. The molecule has 19 heavy (non-hydrogen) atoms. The standard InChI is InChI=1S/C13H16O5S/c1-8(2)12(14)10-4-6-11(7-5-10)19(17,18)9(3)13(15)16/h4-9H,1-3H3,(H,15,16). The van der Waals surface area contributed by atoms with Gasteiger partial charge in [-0.25, -0.2) is 8.42 Å². The van der Waals surface area contributed by atoms with Crippen LogP contribution in [0.5, 0.6) is 0 Å². The third-order valence-electron chi connectivity index (χ3n) is 2.80. The molecule has 6 heteroatoms. The lowest BCUT2D eigenvalue weighted by Crippen LogP contribution is -2.26. The van der Waals surface area contributed by atoms with Gasteiger partial charge in [-0.05, 0) is 19.1 Å². The highest BCUT2D eigenvalue weighted by Gasteiger charge is 2.29. The fraction of sp³-hybridized carbons (Fsp3) is 0.385. The van der Waals surface area contributed by atoms with E-state index in [1.54, 1.807) is 13.8 Å². The summed E-state index contributed by atoms with van der Waals surface area (Å²) >= 11 is 0. The number of aliphatic carboxylic acids is 1. The highest BCUT2D eigenvalue weighted by molar-refractivity contribution is 7.92. The minimum atomic E-state index is -3.91. The topological polar surface area (TPSA) is 88.5 Å². The van der Waals surface area contributed by atoms with E-state index in [0.717, 1.165) is 6.92 Å². The Balaban J connectivity index is 3.13. The highest BCUT2D eigenvalue weighted by Crippen LogP contribution is 2.18. The first kappa shape index (κ1) is 15.4. The van der Waals surface area contributed by atoms with Gasteiger partial charge in [0.15, 0.2) is 20.9 Å². The van der Waals surface area contributed by atoms with E-state index in [4.69, 9.17) is 5.11 Å². The smallest absolute Gasteiger partial charge is 0.321 e. The summed E-state index contributed by atoms with van der Waals surface area (Å²) in [4.78, 5) is 22.4. The van der Waals surface area contributed by atoms with Crippen LogP contribution in [0.25, 0.3) is 0 Å². The van der Waals surface area contributed by atoms with Gasteiger partial charge in [0.1, 0.15) is 0 Å². The van der Waals surface area contributed by atoms with Gasteiger partial charge in [-0.3, -0.25) is 9.59 Å².